The molecule has 2 amide bonds. The van der Waals surface area contributed by atoms with Crippen LogP contribution in [-0.4, -0.2) is 41.8 Å². The molecule has 0 radical (unpaired) electrons. The predicted octanol–water partition coefficient (Wildman–Crippen LogP) is 4.84. The van der Waals surface area contributed by atoms with Crippen LogP contribution < -0.4 is 10.6 Å². The third-order valence-electron chi connectivity index (χ3n) is 7.15. The van der Waals surface area contributed by atoms with Crippen LogP contribution in [0.4, 0.5) is 4.79 Å². The summed E-state index contributed by atoms with van der Waals surface area (Å²) in [6.45, 7) is 2.29. The first kappa shape index (κ1) is 24.8. The monoisotopic (exact) mass is 478 g/mol. The van der Waals surface area contributed by atoms with Crippen LogP contribution in [0.1, 0.15) is 68.9 Å². The van der Waals surface area contributed by atoms with E-state index in [0.717, 1.165) is 24.0 Å². The number of carboxylic acid groups (broad SMARTS) is 1. The van der Waals surface area contributed by atoms with Crippen molar-refractivity contribution in [3.63, 3.8) is 0 Å². The van der Waals surface area contributed by atoms with Gasteiger partial charge in [-0.25, -0.2) is 4.79 Å². The molecule has 7 nitrogen and oxygen atoms in total. The molecule has 0 heterocycles. The molecule has 3 N–H and O–H groups in total. The molecule has 0 spiro atoms. The van der Waals surface area contributed by atoms with Gasteiger partial charge in [0.1, 0.15) is 6.61 Å². The van der Waals surface area contributed by atoms with Crippen molar-refractivity contribution in [2.45, 2.75) is 69.9 Å². The zero-order valence-electron chi connectivity index (χ0n) is 20.2. The predicted molar refractivity (Wildman–Crippen MR) is 133 cm³/mol. The van der Waals surface area contributed by atoms with Crippen LogP contribution in [0.15, 0.2) is 48.5 Å². The van der Waals surface area contributed by atoms with Crippen molar-refractivity contribution in [3.8, 4) is 11.1 Å². The smallest absolute Gasteiger partial charge is 0.407 e. The number of amides is 2. The zero-order valence-corrected chi connectivity index (χ0v) is 20.2. The van der Waals surface area contributed by atoms with Crippen molar-refractivity contribution in [3.05, 3.63) is 59.7 Å². The zero-order chi connectivity index (χ0) is 24.8. The molecule has 0 aliphatic heterocycles. The first-order valence-electron chi connectivity index (χ1n) is 12.6. The highest BCUT2D eigenvalue weighted by molar-refractivity contribution is 5.80. The molecule has 2 aromatic carbocycles. The van der Waals surface area contributed by atoms with Gasteiger partial charge >= 0.3 is 12.1 Å². The van der Waals surface area contributed by atoms with Crippen molar-refractivity contribution in [2.75, 3.05) is 6.61 Å². The van der Waals surface area contributed by atoms with Crippen LogP contribution in [0.3, 0.4) is 0 Å². The number of carbonyl (C=O) groups excluding carboxylic acids is 2. The highest BCUT2D eigenvalue weighted by atomic mass is 16.5. The Kier molecular flexibility index (Phi) is 8.06. The van der Waals surface area contributed by atoms with Gasteiger partial charge in [-0.15, -0.1) is 0 Å². The number of aliphatic carboxylic acids is 1. The molecule has 186 valence electrons. The third-order valence-corrected chi connectivity index (χ3v) is 7.15. The number of carbonyl (C=O) groups is 3. The summed E-state index contributed by atoms with van der Waals surface area (Å²) in [6.07, 6.45) is 3.85. The van der Waals surface area contributed by atoms with Crippen LogP contribution in [0, 0.1) is 5.92 Å². The minimum atomic E-state index is -0.806. The maximum atomic E-state index is 12.7. The minimum Gasteiger partial charge on any atom is -0.481 e. The summed E-state index contributed by atoms with van der Waals surface area (Å²) >= 11 is 0. The normalized spacial score (nSPS) is 19.5. The summed E-state index contributed by atoms with van der Waals surface area (Å²) in [5, 5.41) is 15.0. The Morgan fingerprint density at radius 1 is 1.03 bits per heavy atom. The number of hydrogen-bond donors (Lipinski definition) is 3. The molecule has 1 fully saturated rings. The first-order chi connectivity index (χ1) is 17.0. The van der Waals surface area contributed by atoms with E-state index in [2.05, 4.69) is 41.8 Å². The number of nitrogens with one attached hydrogen (secondary N) is 2. The van der Waals surface area contributed by atoms with Gasteiger partial charge in [0.25, 0.3) is 0 Å². The summed E-state index contributed by atoms with van der Waals surface area (Å²) in [5.74, 6) is -1.38. The van der Waals surface area contributed by atoms with Crippen molar-refractivity contribution in [1.82, 2.24) is 10.6 Å². The summed E-state index contributed by atoms with van der Waals surface area (Å²) in [4.78, 5) is 36.5. The number of fused-ring (bicyclic) bond motifs is 3. The molecule has 0 aromatic heterocycles. The number of benzene rings is 2. The summed E-state index contributed by atoms with van der Waals surface area (Å²) in [5.41, 5.74) is 4.65. The van der Waals surface area contributed by atoms with E-state index in [0.29, 0.717) is 25.7 Å². The lowest BCUT2D eigenvalue weighted by molar-refractivity contribution is -0.141. The molecule has 2 aliphatic carbocycles. The van der Waals surface area contributed by atoms with Crippen molar-refractivity contribution < 1.29 is 24.2 Å². The average Bonchev–Trinajstić information content (AvgIpc) is 3.44. The Morgan fingerprint density at radius 2 is 1.69 bits per heavy atom. The average molecular weight is 479 g/mol. The Labute approximate surface area is 206 Å². The van der Waals surface area contributed by atoms with Gasteiger partial charge < -0.3 is 20.5 Å². The van der Waals surface area contributed by atoms with Gasteiger partial charge in [-0.1, -0.05) is 68.3 Å². The molecule has 35 heavy (non-hydrogen) atoms. The van der Waals surface area contributed by atoms with Gasteiger partial charge in [0.05, 0.1) is 5.92 Å². The van der Waals surface area contributed by atoms with E-state index in [1.807, 2.05) is 24.3 Å². The standard InChI is InChI=1S/C28H34N2O5/c1-2-3-8-19(16-26(31)29-20-14-13-18(15-20)27(32)33)30-28(34)35-17-25-23-11-6-4-9-21(23)22-10-5-7-12-24(22)25/h4-7,9-12,18-20,25H,2-3,8,13-17H2,1H3,(H,29,31)(H,30,34)(H,32,33)/t18-,19?,20+/m1/s1. The van der Waals surface area contributed by atoms with E-state index in [1.165, 1.54) is 11.1 Å². The van der Waals surface area contributed by atoms with E-state index >= 15 is 0 Å². The number of rotatable bonds is 10. The van der Waals surface area contributed by atoms with Crippen molar-refractivity contribution in [1.29, 1.82) is 0 Å². The first-order valence-corrected chi connectivity index (χ1v) is 12.6. The Bertz CT molecular complexity index is 1020. The van der Waals surface area contributed by atoms with Crippen LogP contribution in [0.2, 0.25) is 0 Å². The molecule has 1 saturated carbocycles. The van der Waals surface area contributed by atoms with E-state index in [9.17, 15) is 19.5 Å². The molecular weight excluding hydrogens is 444 g/mol. The fourth-order valence-electron chi connectivity index (χ4n) is 5.33. The minimum absolute atomic E-state index is 0.0184. The Morgan fingerprint density at radius 3 is 2.29 bits per heavy atom. The lowest BCUT2D eigenvalue weighted by Gasteiger charge is -2.21. The Hall–Kier alpha value is -3.35. The second-order valence-electron chi connectivity index (χ2n) is 9.63. The lowest BCUT2D eigenvalue weighted by atomic mass is 9.98. The number of alkyl carbamates (subject to hydrolysis) is 1. The van der Waals surface area contributed by atoms with Gasteiger partial charge in [-0.3, -0.25) is 9.59 Å². The van der Waals surface area contributed by atoms with Gasteiger partial charge in [0.15, 0.2) is 0 Å². The number of hydrogen-bond acceptors (Lipinski definition) is 4. The highest BCUT2D eigenvalue weighted by Crippen LogP contribution is 2.44. The van der Waals surface area contributed by atoms with Crippen LogP contribution in [-0.2, 0) is 14.3 Å². The fourth-order valence-corrected chi connectivity index (χ4v) is 5.33. The van der Waals surface area contributed by atoms with Gasteiger partial charge in [-0.2, -0.15) is 0 Å². The Balaban J connectivity index is 1.32. The topological polar surface area (TPSA) is 105 Å². The largest absolute Gasteiger partial charge is 0.481 e. The quantitative estimate of drug-likeness (QED) is 0.453. The molecule has 7 heteroatoms. The van der Waals surface area contributed by atoms with Crippen molar-refractivity contribution in [2.24, 2.45) is 5.92 Å². The van der Waals surface area contributed by atoms with E-state index < -0.39 is 18.0 Å². The molecule has 0 bridgehead atoms. The third kappa shape index (κ3) is 6.02. The molecule has 2 aliphatic rings. The highest BCUT2D eigenvalue weighted by Gasteiger charge is 2.32. The van der Waals surface area contributed by atoms with Crippen LogP contribution in [0.5, 0.6) is 0 Å². The molecule has 0 saturated heterocycles. The summed E-state index contributed by atoms with van der Waals surface area (Å²) < 4.78 is 5.66. The van der Waals surface area contributed by atoms with Gasteiger partial charge in [0.2, 0.25) is 5.91 Å². The van der Waals surface area contributed by atoms with Crippen LogP contribution >= 0.6 is 0 Å². The molecular formula is C28H34N2O5. The maximum Gasteiger partial charge on any atom is 0.407 e. The number of carboxylic acids is 1. The maximum absolute atomic E-state index is 12.7. The van der Waals surface area contributed by atoms with Crippen molar-refractivity contribution >= 4 is 18.0 Å². The van der Waals surface area contributed by atoms with E-state index in [-0.39, 0.29) is 36.9 Å². The van der Waals surface area contributed by atoms with E-state index in [1.54, 1.807) is 0 Å². The second kappa shape index (κ2) is 11.4. The number of ether oxygens (including phenoxy) is 1. The SMILES string of the molecule is CCCCC(CC(=O)N[C@H]1CC[C@@H](C(=O)O)C1)NC(=O)OCC1c2ccccc2-c2ccccc21. The molecule has 1 unspecified atom stereocenters. The fraction of sp³-hybridized carbons (Fsp3) is 0.464. The second-order valence-corrected chi connectivity index (χ2v) is 9.63. The lowest BCUT2D eigenvalue weighted by Crippen LogP contribution is -2.42. The summed E-state index contributed by atoms with van der Waals surface area (Å²) in [7, 11) is 0. The molecule has 2 aromatic rings. The van der Waals surface area contributed by atoms with Gasteiger partial charge in [0, 0.05) is 24.4 Å². The van der Waals surface area contributed by atoms with E-state index in [4.69, 9.17) is 4.74 Å². The van der Waals surface area contributed by atoms with Crippen LogP contribution in [0.25, 0.3) is 11.1 Å². The molecule has 3 atom stereocenters. The molecule has 4 rings (SSSR count). The summed E-state index contributed by atoms with van der Waals surface area (Å²) in [6, 6.07) is 15.9. The van der Waals surface area contributed by atoms with Gasteiger partial charge in [-0.05, 0) is 47.9 Å². The number of unbranched alkanes of at least 4 members (excludes halogenated alkanes) is 1.